The molecule has 9 heteroatoms. The molecule has 20 heavy (non-hydrogen) atoms. The highest BCUT2D eigenvalue weighted by Crippen LogP contribution is 2.21. The van der Waals surface area contributed by atoms with E-state index in [-0.39, 0.29) is 19.5 Å². The Hall–Kier alpha value is -2.58. The lowest BCUT2D eigenvalue weighted by Gasteiger charge is -2.34. The predicted molar refractivity (Wildman–Crippen MR) is 66.5 cm³/mol. The Bertz CT molecular complexity index is 555. The topological polar surface area (TPSA) is 133 Å². The number of aromatic amines is 1. The monoisotopic (exact) mass is 281 g/mol. The first kappa shape index (κ1) is 13.8. The zero-order chi connectivity index (χ0) is 14.9. The highest BCUT2D eigenvalue weighted by molar-refractivity contribution is 5.86. The average molecular weight is 281 g/mol. The summed E-state index contributed by atoms with van der Waals surface area (Å²) in [5, 5.41) is 9.24. The van der Waals surface area contributed by atoms with Gasteiger partial charge in [-0.05, 0) is 0 Å². The predicted octanol–water partition coefficient (Wildman–Crippen LogP) is -1.24. The Morgan fingerprint density at radius 1 is 1.60 bits per heavy atom. The van der Waals surface area contributed by atoms with Crippen LogP contribution in [0.5, 0.6) is 0 Å². The van der Waals surface area contributed by atoms with Gasteiger partial charge in [0.05, 0.1) is 24.3 Å². The quantitative estimate of drug-likeness (QED) is 0.637. The number of hydrogen-bond donors (Lipinski definition) is 3. The molecule has 2 heterocycles. The average Bonchev–Trinajstić information content (AvgIpc) is 2.82. The molecule has 1 aromatic heterocycles. The maximum atomic E-state index is 12.2. The smallest absolute Gasteiger partial charge is 0.326 e. The minimum absolute atomic E-state index is 0.105. The van der Waals surface area contributed by atoms with Gasteiger partial charge < -0.3 is 25.6 Å². The number of carboxylic acids is 1. The largest absolute Gasteiger partial charge is 0.480 e. The molecule has 2 rings (SSSR count). The van der Waals surface area contributed by atoms with Crippen molar-refractivity contribution in [1.82, 2.24) is 19.8 Å². The Kier molecular flexibility index (Phi) is 3.59. The van der Waals surface area contributed by atoms with Crippen LogP contribution in [0.15, 0.2) is 6.33 Å². The number of fused-ring (bicyclic) bond motifs is 1. The fourth-order valence-electron chi connectivity index (χ4n) is 2.18. The molecule has 1 aliphatic rings. The van der Waals surface area contributed by atoms with Crippen molar-refractivity contribution in [3.8, 4) is 0 Å². The first-order chi connectivity index (χ1) is 9.40. The maximum absolute atomic E-state index is 12.2. The summed E-state index contributed by atoms with van der Waals surface area (Å²) in [4.78, 5) is 43.6. The minimum Gasteiger partial charge on any atom is -0.480 e. The van der Waals surface area contributed by atoms with Crippen molar-refractivity contribution >= 4 is 17.9 Å². The van der Waals surface area contributed by atoms with Crippen LogP contribution in [-0.4, -0.2) is 62.4 Å². The van der Waals surface area contributed by atoms with E-state index in [9.17, 15) is 19.5 Å². The Morgan fingerprint density at radius 3 is 2.90 bits per heavy atom. The van der Waals surface area contributed by atoms with E-state index < -0.39 is 23.9 Å². The summed E-state index contributed by atoms with van der Waals surface area (Å²) >= 11 is 0. The molecule has 0 spiro atoms. The second kappa shape index (κ2) is 5.19. The van der Waals surface area contributed by atoms with Crippen LogP contribution in [0.3, 0.4) is 0 Å². The number of amides is 3. The lowest BCUT2D eigenvalue weighted by Crippen LogP contribution is -2.53. The summed E-state index contributed by atoms with van der Waals surface area (Å²) in [7, 11) is 1.40. The van der Waals surface area contributed by atoms with Crippen molar-refractivity contribution < 1.29 is 19.5 Å². The molecule has 1 atom stereocenters. The Morgan fingerprint density at radius 2 is 2.30 bits per heavy atom. The van der Waals surface area contributed by atoms with E-state index in [4.69, 9.17) is 5.73 Å². The van der Waals surface area contributed by atoms with Gasteiger partial charge >= 0.3 is 12.0 Å². The van der Waals surface area contributed by atoms with Gasteiger partial charge in [-0.1, -0.05) is 0 Å². The third kappa shape index (κ3) is 2.56. The number of aromatic nitrogens is 2. The van der Waals surface area contributed by atoms with E-state index in [1.165, 1.54) is 18.3 Å². The van der Waals surface area contributed by atoms with E-state index in [0.29, 0.717) is 11.4 Å². The number of carbonyl (C=O) groups excluding carboxylic acids is 2. The molecule has 4 N–H and O–H groups in total. The van der Waals surface area contributed by atoms with Crippen LogP contribution >= 0.6 is 0 Å². The maximum Gasteiger partial charge on any atom is 0.326 e. The number of primary amides is 1. The molecule has 0 bridgehead atoms. The van der Waals surface area contributed by atoms with E-state index in [2.05, 4.69) is 9.97 Å². The van der Waals surface area contributed by atoms with Gasteiger partial charge in [0.25, 0.3) is 0 Å². The standard InChI is InChI=1S/C11H15N5O4/c1-15(4-9(12)17)11(20)16-3-7-6(13-5-14-7)2-8(16)10(18)19/h5,8H,2-4H2,1H3,(H2,12,17)(H,13,14)(H,18,19). The molecule has 0 radical (unpaired) electrons. The van der Waals surface area contributed by atoms with Crippen LogP contribution in [0.2, 0.25) is 0 Å². The van der Waals surface area contributed by atoms with Gasteiger partial charge in [0.15, 0.2) is 0 Å². The summed E-state index contributed by atoms with van der Waals surface area (Å²) in [6.07, 6.45) is 1.59. The molecule has 0 aliphatic carbocycles. The van der Waals surface area contributed by atoms with E-state index in [1.54, 1.807) is 0 Å². The number of H-pyrrole nitrogens is 1. The summed E-state index contributed by atoms with van der Waals surface area (Å²) in [5.41, 5.74) is 6.37. The number of hydrogen-bond acceptors (Lipinski definition) is 4. The van der Waals surface area contributed by atoms with Gasteiger partial charge in [0, 0.05) is 13.5 Å². The van der Waals surface area contributed by atoms with Crippen molar-refractivity contribution in [2.75, 3.05) is 13.6 Å². The molecular formula is C11H15N5O4. The van der Waals surface area contributed by atoms with Gasteiger partial charge in [-0.3, -0.25) is 4.79 Å². The summed E-state index contributed by atoms with van der Waals surface area (Å²) in [5.74, 6) is -1.77. The number of carboxylic acid groups (broad SMARTS) is 1. The molecule has 108 valence electrons. The summed E-state index contributed by atoms with van der Waals surface area (Å²) in [6, 6.07) is -1.56. The molecule has 0 saturated carbocycles. The number of likely N-dealkylation sites (N-methyl/N-ethyl adjacent to an activating group) is 1. The van der Waals surface area contributed by atoms with Crippen molar-refractivity contribution in [3.05, 3.63) is 17.7 Å². The van der Waals surface area contributed by atoms with Gasteiger partial charge in [-0.2, -0.15) is 0 Å². The number of rotatable bonds is 3. The first-order valence-electron chi connectivity index (χ1n) is 5.94. The van der Waals surface area contributed by atoms with Crippen molar-refractivity contribution in [3.63, 3.8) is 0 Å². The van der Waals surface area contributed by atoms with Crippen LogP contribution in [-0.2, 0) is 22.6 Å². The first-order valence-corrected chi connectivity index (χ1v) is 5.94. The fourth-order valence-corrected chi connectivity index (χ4v) is 2.18. The number of nitrogens with two attached hydrogens (primary N) is 1. The van der Waals surface area contributed by atoms with E-state index >= 15 is 0 Å². The summed E-state index contributed by atoms with van der Waals surface area (Å²) in [6.45, 7) is -0.161. The molecule has 0 fully saturated rings. The number of nitrogens with one attached hydrogen (secondary N) is 1. The number of aliphatic carboxylic acids is 1. The second-order valence-corrected chi connectivity index (χ2v) is 4.62. The Labute approximate surface area is 114 Å². The van der Waals surface area contributed by atoms with Gasteiger partial charge in [0.1, 0.15) is 12.6 Å². The highest BCUT2D eigenvalue weighted by Gasteiger charge is 2.37. The van der Waals surface area contributed by atoms with E-state index in [0.717, 1.165) is 4.90 Å². The van der Waals surface area contributed by atoms with Crippen LogP contribution < -0.4 is 5.73 Å². The van der Waals surface area contributed by atoms with Gasteiger partial charge in [-0.25, -0.2) is 14.6 Å². The molecule has 1 unspecified atom stereocenters. The van der Waals surface area contributed by atoms with Gasteiger partial charge in [-0.15, -0.1) is 0 Å². The number of imidazole rings is 1. The molecule has 9 nitrogen and oxygen atoms in total. The lowest BCUT2D eigenvalue weighted by atomic mass is 10.0. The highest BCUT2D eigenvalue weighted by atomic mass is 16.4. The second-order valence-electron chi connectivity index (χ2n) is 4.62. The zero-order valence-electron chi connectivity index (χ0n) is 10.9. The third-order valence-electron chi connectivity index (χ3n) is 3.15. The minimum atomic E-state index is -1.11. The van der Waals surface area contributed by atoms with Gasteiger partial charge in [0.2, 0.25) is 5.91 Å². The van der Waals surface area contributed by atoms with E-state index in [1.807, 2.05) is 0 Å². The van der Waals surface area contributed by atoms with Crippen molar-refractivity contribution in [1.29, 1.82) is 0 Å². The number of carbonyl (C=O) groups is 3. The lowest BCUT2D eigenvalue weighted by molar-refractivity contribution is -0.142. The summed E-state index contributed by atoms with van der Waals surface area (Å²) < 4.78 is 0. The Balaban J connectivity index is 2.22. The molecular weight excluding hydrogens is 266 g/mol. The van der Waals surface area contributed by atoms with Crippen LogP contribution in [0.4, 0.5) is 4.79 Å². The van der Waals surface area contributed by atoms with Crippen molar-refractivity contribution in [2.45, 2.75) is 19.0 Å². The molecule has 0 saturated heterocycles. The number of urea groups is 1. The fraction of sp³-hybridized carbons (Fsp3) is 0.455. The zero-order valence-corrected chi connectivity index (χ0v) is 10.9. The van der Waals surface area contributed by atoms with Crippen LogP contribution in [0.25, 0.3) is 0 Å². The number of nitrogens with zero attached hydrogens (tertiary/aromatic N) is 3. The normalized spacial score (nSPS) is 17.4. The molecule has 1 aromatic rings. The van der Waals surface area contributed by atoms with Crippen molar-refractivity contribution in [2.24, 2.45) is 5.73 Å². The SMILES string of the molecule is CN(CC(N)=O)C(=O)N1Cc2[nH]cnc2CC1C(=O)O. The molecule has 3 amide bonds. The van der Waals surface area contributed by atoms with Crippen LogP contribution in [0.1, 0.15) is 11.4 Å². The van der Waals surface area contributed by atoms with Crippen LogP contribution in [0, 0.1) is 0 Å². The molecule has 0 aromatic carbocycles. The third-order valence-corrected chi connectivity index (χ3v) is 3.15. The molecule has 1 aliphatic heterocycles.